The average molecular weight is 314 g/mol. The minimum Gasteiger partial charge on any atom is -0.496 e. The van der Waals surface area contributed by atoms with Crippen LogP contribution in [0.5, 0.6) is 5.75 Å². The molecule has 4 nitrogen and oxygen atoms in total. The number of hydrogen-bond donors (Lipinski definition) is 1. The van der Waals surface area contributed by atoms with Gasteiger partial charge in [0.1, 0.15) is 5.75 Å². The maximum absolute atomic E-state index is 12.4. The van der Waals surface area contributed by atoms with Gasteiger partial charge in [-0.05, 0) is 31.0 Å². The number of ether oxygens (including phenoxy) is 1. The fourth-order valence-electron chi connectivity index (χ4n) is 2.29. The standard InChI is InChI=1S/C13H16BrNO3/c1-18-12-7-9(14)4-5-11(12)13(17)15-6-2-3-10(15)8-16/h4-5,7,10,16H,2-3,6,8H2,1H3/t10-/m1/s1. The monoisotopic (exact) mass is 313 g/mol. The molecule has 1 saturated heterocycles. The molecule has 1 aliphatic heterocycles. The van der Waals surface area contributed by atoms with Gasteiger partial charge >= 0.3 is 0 Å². The highest BCUT2D eigenvalue weighted by molar-refractivity contribution is 9.10. The first-order chi connectivity index (χ1) is 8.67. The van der Waals surface area contributed by atoms with Crippen molar-refractivity contribution < 1.29 is 14.6 Å². The molecule has 1 amide bonds. The molecule has 0 spiro atoms. The summed E-state index contributed by atoms with van der Waals surface area (Å²) in [5.41, 5.74) is 0.543. The van der Waals surface area contributed by atoms with E-state index in [1.165, 1.54) is 0 Å². The van der Waals surface area contributed by atoms with Crippen molar-refractivity contribution in [3.8, 4) is 5.75 Å². The zero-order valence-corrected chi connectivity index (χ0v) is 11.8. The predicted octanol–water partition coefficient (Wildman–Crippen LogP) is 2.05. The van der Waals surface area contributed by atoms with E-state index in [1.807, 2.05) is 6.07 Å². The Hall–Kier alpha value is -1.07. The summed E-state index contributed by atoms with van der Waals surface area (Å²) in [5, 5.41) is 9.27. The topological polar surface area (TPSA) is 49.8 Å². The van der Waals surface area contributed by atoms with Gasteiger partial charge in [-0.3, -0.25) is 4.79 Å². The Kier molecular flexibility index (Phi) is 4.24. The molecule has 5 heteroatoms. The summed E-state index contributed by atoms with van der Waals surface area (Å²) in [4.78, 5) is 14.2. The largest absolute Gasteiger partial charge is 0.496 e. The van der Waals surface area contributed by atoms with Crippen molar-refractivity contribution in [2.24, 2.45) is 0 Å². The lowest BCUT2D eigenvalue weighted by Crippen LogP contribution is -2.37. The fraction of sp³-hybridized carbons (Fsp3) is 0.462. The fourth-order valence-corrected chi connectivity index (χ4v) is 2.63. The number of benzene rings is 1. The van der Waals surface area contributed by atoms with Gasteiger partial charge in [-0.2, -0.15) is 0 Å². The molecule has 0 aromatic heterocycles. The van der Waals surface area contributed by atoms with Crippen LogP contribution in [-0.2, 0) is 0 Å². The van der Waals surface area contributed by atoms with Crippen LogP contribution in [0.2, 0.25) is 0 Å². The van der Waals surface area contributed by atoms with Crippen molar-refractivity contribution in [3.63, 3.8) is 0 Å². The number of aliphatic hydroxyl groups excluding tert-OH is 1. The lowest BCUT2D eigenvalue weighted by molar-refractivity contribution is 0.0674. The van der Waals surface area contributed by atoms with Gasteiger partial charge in [0.2, 0.25) is 0 Å². The molecule has 2 rings (SSSR count). The molecule has 0 aliphatic carbocycles. The molecule has 1 atom stereocenters. The molecule has 18 heavy (non-hydrogen) atoms. The number of rotatable bonds is 3. The third kappa shape index (κ3) is 2.52. The van der Waals surface area contributed by atoms with E-state index in [0.29, 0.717) is 17.9 Å². The Balaban J connectivity index is 2.28. The van der Waals surface area contributed by atoms with Crippen molar-refractivity contribution in [1.29, 1.82) is 0 Å². The van der Waals surface area contributed by atoms with Crippen molar-refractivity contribution in [2.75, 3.05) is 20.3 Å². The maximum Gasteiger partial charge on any atom is 0.257 e. The van der Waals surface area contributed by atoms with Crippen LogP contribution in [-0.4, -0.2) is 42.2 Å². The summed E-state index contributed by atoms with van der Waals surface area (Å²) >= 11 is 3.35. The second-order valence-corrected chi connectivity index (χ2v) is 5.24. The van der Waals surface area contributed by atoms with Gasteiger partial charge in [0, 0.05) is 11.0 Å². The highest BCUT2D eigenvalue weighted by Crippen LogP contribution is 2.27. The molecule has 0 radical (unpaired) electrons. The number of methoxy groups -OCH3 is 1. The molecule has 1 aromatic rings. The van der Waals surface area contributed by atoms with Crippen molar-refractivity contribution in [2.45, 2.75) is 18.9 Å². The predicted molar refractivity (Wildman–Crippen MR) is 71.8 cm³/mol. The van der Waals surface area contributed by atoms with Crippen LogP contribution in [0.15, 0.2) is 22.7 Å². The van der Waals surface area contributed by atoms with Crippen LogP contribution in [0.4, 0.5) is 0 Å². The summed E-state index contributed by atoms with van der Waals surface area (Å²) in [6, 6.07) is 5.28. The number of likely N-dealkylation sites (tertiary alicyclic amines) is 1. The number of hydrogen-bond acceptors (Lipinski definition) is 3. The van der Waals surface area contributed by atoms with Crippen LogP contribution in [0.1, 0.15) is 23.2 Å². The van der Waals surface area contributed by atoms with Crippen LogP contribution in [0.25, 0.3) is 0 Å². The third-order valence-corrected chi connectivity index (χ3v) is 3.74. The van der Waals surface area contributed by atoms with Gasteiger partial charge in [0.05, 0.1) is 25.3 Å². The Morgan fingerprint density at radius 1 is 1.61 bits per heavy atom. The van der Waals surface area contributed by atoms with Gasteiger partial charge in [-0.25, -0.2) is 0 Å². The first kappa shape index (κ1) is 13.4. The molecule has 1 N–H and O–H groups in total. The van der Waals surface area contributed by atoms with Crippen LogP contribution < -0.4 is 4.74 Å². The SMILES string of the molecule is COc1cc(Br)ccc1C(=O)N1CCC[C@@H]1CO. The minimum absolute atomic E-state index is 0.0184. The lowest BCUT2D eigenvalue weighted by atomic mass is 10.1. The molecular formula is C13H16BrNO3. The average Bonchev–Trinajstić information content (AvgIpc) is 2.86. The highest BCUT2D eigenvalue weighted by Gasteiger charge is 2.30. The van der Waals surface area contributed by atoms with Gasteiger partial charge < -0.3 is 14.7 Å². The van der Waals surface area contributed by atoms with E-state index in [4.69, 9.17) is 4.74 Å². The number of amides is 1. The minimum atomic E-state index is -0.0732. The summed E-state index contributed by atoms with van der Waals surface area (Å²) < 4.78 is 6.11. The Bertz CT molecular complexity index is 450. The number of carbonyl (C=O) groups excluding carboxylic acids is 1. The Morgan fingerprint density at radius 2 is 2.39 bits per heavy atom. The van der Waals surface area contributed by atoms with E-state index in [2.05, 4.69) is 15.9 Å². The van der Waals surface area contributed by atoms with Gasteiger partial charge in [0.15, 0.2) is 0 Å². The van der Waals surface area contributed by atoms with Crippen LogP contribution >= 0.6 is 15.9 Å². The van der Waals surface area contributed by atoms with Gasteiger partial charge in [-0.1, -0.05) is 15.9 Å². The van der Waals surface area contributed by atoms with E-state index in [1.54, 1.807) is 24.1 Å². The maximum atomic E-state index is 12.4. The van der Waals surface area contributed by atoms with E-state index in [-0.39, 0.29) is 18.6 Å². The highest BCUT2D eigenvalue weighted by atomic mass is 79.9. The second kappa shape index (κ2) is 5.71. The summed E-state index contributed by atoms with van der Waals surface area (Å²) in [5.74, 6) is 0.480. The lowest BCUT2D eigenvalue weighted by Gasteiger charge is -2.23. The summed E-state index contributed by atoms with van der Waals surface area (Å²) in [6.45, 7) is 0.716. The van der Waals surface area contributed by atoms with Crippen molar-refractivity contribution in [3.05, 3.63) is 28.2 Å². The number of aliphatic hydroxyl groups is 1. The second-order valence-electron chi connectivity index (χ2n) is 4.32. The van der Waals surface area contributed by atoms with E-state index < -0.39 is 0 Å². The molecular weight excluding hydrogens is 298 g/mol. The summed E-state index contributed by atoms with van der Waals surface area (Å²) in [6.07, 6.45) is 1.80. The smallest absolute Gasteiger partial charge is 0.257 e. The zero-order valence-electron chi connectivity index (χ0n) is 10.2. The normalized spacial score (nSPS) is 19.1. The molecule has 0 bridgehead atoms. The Morgan fingerprint density at radius 3 is 3.06 bits per heavy atom. The van der Waals surface area contributed by atoms with E-state index in [0.717, 1.165) is 17.3 Å². The van der Waals surface area contributed by atoms with Crippen molar-refractivity contribution in [1.82, 2.24) is 4.90 Å². The summed E-state index contributed by atoms with van der Waals surface area (Å²) in [7, 11) is 1.55. The first-order valence-electron chi connectivity index (χ1n) is 5.92. The first-order valence-corrected chi connectivity index (χ1v) is 6.72. The van der Waals surface area contributed by atoms with Crippen LogP contribution in [0.3, 0.4) is 0 Å². The number of carbonyl (C=O) groups is 1. The molecule has 1 fully saturated rings. The van der Waals surface area contributed by atoms with Crippen LogP contribution in [0, 0.1) is 0 Å². The molecule has 0 unspecified atom stereocenters. The van der Waals surface area contributed by atoms with Crippen molar-refractivity contribution >= 4 is 21.8 Å². The quantitative estimate of drug-likeness (QED) is 0.929. The van der Waals surface area contributed by atoms with E-state index in [9.17, 15) is 9.90 Å². The third-order valence-electron chi connectivity index (χ3n) is 3.24. The Labute approximate surface area is 115 Å². The van der Waals surface area contributed by atoms with Gasteiger partial charge in [0.25, 0.3) is 5.91 Å². The molecule has 1 aliphatic rings. The van der Waals surface area contributed by atoms with E-state index >= 15 is 0 Å². The number of halogens is 1. The molecule has 1 aromatic carbocycles. The molecule has 0 saturated carbocycles. The number of nitrogens with zero attached hydrogens (tertiary/aromatic N) is 1. The van der Waals surface area contributed by atoms with Gasteiger partial charge in [-0.15, -0.1) is 0 Å². The molecule has 1 heterocycles. The zero-order chi connectivity index (χ0) is 13.1. The molecule has 98 valence electrons.